The Morgan fingerprint density at radius 3 is 2.30 bits per heavy atom. The van der Waals surface area contributed by atoms with Gasteiger partial charge in [-0.3, -0.25) is 9.59 Å². The third-order valence-corrected chi connectivity index (χ3v) is 3.72. The molecule has 0 aliphatic carbocycles. The maximum atomic E-state index is 12.9. The normalized spacial score (nSPS) is 10.1. The van der Waals surface area contributed by atoms with Crippen LogP contribution in [0.3, 0.4) is 0 Å². The third kappa shape index (κ3) is 6.81. The number of anilines is 1. The largest absolute Gasteiger partial charge is 0.480 e. The number of ether oxygens (including phenoxy) is 1. The van der Waals surface area contributed by atoms with Crippen LogP contribution in [0.1, 0.15) is 11.1 Å². The van der Waals surface area contributed by atoms with Gasteiger partial charge in [-0.05, 0) is 42.0 Å². The Bertz CT molecular complexity index is 804. The number of carbonyl (C=O) groups is 2. The number of amides is 1. The highest BCUT2D eigenvalue weighted by Crippen LogP contribution is 2.13. The second kappa shape index (κ2) is 9.38. The number of carboxylic acid groups (broad SMARTS) is 1. The van der Waals surface area contributed by atoms with Crippen molar-refractivity contribution >= 4 is 17.6 Å². The van der Waals surface area contributed by atoms with Crippen LogP contribution in [0, 0.1) is 5.82 Å². The van der Waals surface area contributed by atoms with E-state index in [-0.39, 0.29) is 37.2 Å². The summed E-state index contributed by atoms with van der Waals surface area (Å²) in [5, 5.41) is 11.5. The summed E-state index contributed by atoms with van der Waals surface area (Å²) in [6.45, 7) is 3.72. The SMILES string of the molecule is C=C(OCc1ccc(NC(=O)Cc2ccc(F)cc2)cc1)N(C)CC(=O)O. The van der Waals surface area contributed by atoms with Crippen LogP contribution in [-0.4, -0.2) is 35.5 Å². The first-order chi connectivity index (χ1) is 12.8. The summed E-state index contributed by atoms with van der Waals surface area (Å²) < 4.78 is 18.3. The zero-order valence-corrected chi connectivity index (χ0v) is 14.9. The van der Waals surface area contributed by atoms with Gasteiger partial charge < -0.3 is 20.1 Å². The molecule has 2 N–H and O–H groups in total. The molecule has 2 rings (SSSR count). The van der Waals surface area contributed by atoms with Gasteiger partial charge in [-0.25, -0.2) is 4.39 Å². The fraction of sp³-hybridized carbons (Fsp3) is 0.200. The number of aliphatic carboxylic acids is 1. The van der Waals surface area contributed by atoms with Crippen LogP contribution < -0.4 is 5.32 Å². The fourth-order valence-corrected chi connectivity index (χ4v) is 2.25. The van der Waals surface area contributed by atoms with E-state index in [0.717, 1.165) is 11.1 Å². The van der Waals surface area contributed by atoms with Gasteiger partial charge in [0.25, 0.3) is 0 Å². The number of likely N-dealkylation sites (N-methyl/N-ethyl adjacent to an activating group) is 1. The maximum absolute atomic E-state index is 12.9. The van der Waals surface area contributed by atoms with Crippen LogP contribution >= 0.6 is 0 Å². The average molecular weight is 372 g/mol. The monoisotopic (exact) mass is 372 g/mol. The van der Waals surface area contributed by atoms with E-state index in [0.29, 0.717) is 5.69 Å². The smallest absolute Gasteiger partial charge is 0.323 e. The van der Waals surface area contributed by atoms with Crippen molar-refractivity contribution in [3.8, 4) is 0 Å². The molecule has 0 saturated carbocycles. The van der Waals surface area contributed by atoms with E-state index >= 15 is 0 Å². The summed E-state index contributed by atoms with van der Waals surface area (Å²) in [4.78, 5) is 24.1. The Morgan fingerprint density at radius 1 is 1.11 bits per heavy atom. The number of rotatable bonds is 9. The van der Waals surface area contributed by atoms with E-state index in [9.17, 15) is 14.0 Å². The maximum Gasteiger partial charge on any atom is 0.323 e. The summed E-state index contributed by atoms with van der Waals surface area (Å²) in [6, 6.07) is 12.8. The van der Waals surface area contributed by atoms with Crippen LogP contribution in [0.15, 0.2) is 61.0 Å². The highest BCUT2D eigenvalue weighted by Gasteiger charge is 2.08. The van der Waals surface area contributed by atoms with E-state index < -0.39 is 5.97 Å². The van der Waals surface area contributed by atoms with Gasteiger partial charge in [0.1, 0.15) is 19.0 Å². The van der Waals surface area contributed by atoms with Crippen LogP contribution in [-0.2, 0) is 27.4 Å². The summed E-state index contributed by atoms with van der Waals surface area (Å²) in [7, 11) is 1.58. The number of carbonyl (C=O) groups excluding carboxylic acids is 1. The molecule has 0 aromatic heterocycles. The van der Waals surface area contributed by atoms with Gasteiger partial charge >= 0.3 is 5.97 Å². The summed E-state index contributed by atoms with van der Waals surface area (Å²) >= 11 is 0. The zero-order valence-electron chi connectivity index (χ0n) is 14.9. The van der Waals surface area contributed by atoms with Gasteiger partial charge in [0.15, 0.2) is 5.88 Å². The van der Waals surface area contributed by atoms with Crippen LogP contribution in [0.2, 0.25) is 0 Å². The second-order valence-corrected chi connectivity index (χ2v) is 5.98. The van der Waals surface area contributed by atoms with Crippen molar-refractivity contribution in [2.75, 3.05) is 18.9 Å². The molecule has 0 bridgehead atoms. The third-order valence-electron chi connectivity index (χ3n) is 3.72. The number of hydrogen-bond acceptors (Lipinski definition) is 4. The van der Waals surface area contributed by atoms with Crippen LogP contribution in [0.5, 0.6) is 0 Å². The van der Waals surface area contributed by atoms with Gasteiger partial charge in [0.2, 0.25) is 5.91 Å². The molecule has 0 aliphatic rings. The van der Waals surface area contributed by atoms with E-state index in [1.54, 1.807) is 43.4 Å². The molecular formula is C20H21FN2O4. The van der Waals surface area contributed by atoms with Crippen molar-refractivity contribution in [2.45, 2.75) is 13.0 Å². The van der Waals surface area contributed by atoms with Gasteiger partial charge in [-0.15, -0.1) is 0 Å². The lowest BCUT2D eigenvalue weighted by atomic mass is 10.1. The Morgan fingerprint density at radius 2 is 1.70 bits per heavy atom. The van der Waals surface area contributed by atoms with E-state index in [1.807, 2.05) is 0 Å². The lowest BCUT2D eigenvalue weighted by molar-refractivity contribution is -0.138. The molecule has 1 amide bonds. The van der Waals surface area contributed by atoms with Crippen molar-refractivity contribution in [2.24, 2.45) is 0 Å². The van der Waals surface area contributed by atoms with Crippen molar-refractivity contribution in [3.63, 3.8) is 0 Å². The second-order valence-electron chi connectivity index (χ2n) is 5.98. The van der Waals surface area contributed by atoms with Crippen molar-refractivity contribution < 1.29 is 23.8 Å². The molecule has 0 atom stereocenters. The number of benzene rings is 2. The molecule has 0 spiro atoms. The van der Waals surface area contributed by atoms with Gasteiger partial charge in [0, 0.05) is 12.7 Å². The molecule has 0 aliphatic heterocycles. The van der Waals surface area contributed by atoms with Gasteiger partial charge in [-0.2, -0.15) is 0 Å². The first-order valence-electron chi connectivity index (χ1n) is 8.21. The Kier molecular flexibility index (Phi) is 6.93. The minimum atomic E-state index is -0.969. The van der Waals surface area contributed by atoms with Crippen molar-refractivity contribution in [3.05, 3.63) is 77.9 Å². The molecule has 6 nitrogen and oxygen atoms in total. The number of carboxylic acids is 1. The Hall–Kier alpha value is -3.35. The average Bonchev–Trinajstić information content (AvgIpc) is 2.62. The zero-order chi connectivity index (χ0) is 19.8. The number of nitrogens with one attached hydrogen (secondary N) is 1. The topological polar surface area (TPSA) is 78.9 Å². The van der Waals surface area contributed by atoms with E-state index in [4.69, 9.17) is 9.84 Å². The van der Waals surface area contributed by atoms with E-state index in [2.05, 4.69) is 11.9 Å². The Balaban J connectivity index is 1.82. The molecule has 2 aromatic carbocycles. The van der Waals surface area contributed by atoms with E-state index in [1.165, 1.54) is 17.0 Å². The summed E-state index contributed by atoms with van der Waals surface area (Å²) in [6.07, 6.45) is 0.154. The standard InChI is InChI=1S/C20H21FN2O4/c1-14(23(2)12-20(25)26)27-13-16-5-9-18(10-6-16)22-19(24)11-15-3-7-17(21)8-4-15/h3-10H,1,11-13H2,2H3,(H,22,24)(H,25,26). The lowest BCUT2D eigenvalue weighted by Gasteiger charge is -2.19. The summed E-state index contributed by atoms with van der Waals surface area (Å²) in [5.74, 6) is -1.25. The summed E-state index contributed by atoms with van der Waals surface area (Å²) in [5.41, 5.74) is 2.20. The van der Waals surface area contributed by atoms with Crippen LogP contribution in [0.25, 0.3) is 0 Å². The first-order valence-corrected chi connectivity index (χ1v) is 8.21. The van der Waals surface area contributed by atoms with Crippen molar-refractivity contribution in [1.29, 1.82) is 0 Å². The molecule has 7 heteroatoms. The molecule has 0 heterocycles. The molecule has 142 valence electrons. The highest BCUT2D eigenvalue weighted by atomic mass is 19.1. The molecule has 0 unspecified atom stereocenters. The molecular weight excluding hydrogens is 351 g/mol. The van der Waals surface area contributed by atoms with Gasteiger partial charge in [0.05, 0.1) is 6.42 Å². The van der Waals surface area contributed by atoms with Crippen molar-refractivity contribution in [1.82, 2.24) is 4.90 Å². The molecule has 0 fully saturated rings. The number of halogens is 1. The molecule has 0 radical (unpaired) electrons. The molecule has 0 saturated heterocycles. The predicted octanol–water partition coefficient (Wildman–Crippen LogP) is 3.01. The fourth-order valence-electron chi connectivity index (χ4n) is 2.25. The predicted molar refractivity (Wildman–Crippen MR) is 99.4 cm³/mol. The van der Waals surface area contributed by atoms with Crippen LogP contribution in [0.4, 0.5) is 10.1 Å². The number of hydrogen-bond donors (Lipinski definition) is 2. The Labute approximate surface area is 156 Å². The van der Waals surface area contributed by atoms with Gasteiger partial charge in [-0.1, -0.05) is 24.3 Å². The lowest BCUT2D eigenvalue weighted by Crippen LogP contribution is -2.25. The highest BCUT2D eigenvalue weighted by molar-refractivity contribution is 5.92. The minimum absolute atomic E-state index is 0.154. The molecule has 2 aromatic rings. The quantitative estimate of drug-likeness (QED) is 0.662. The molecule has 27 heavy (non-hydrogen) atoms. The number of nitrogens with zero attached hydrogens (tertiary/aromatic N) is 1. The first kappa shape index (κ1) is 20.0. The minimum Gasteiger partial charge on any atom is -0.480 e.